The highest BCUT2D eigenvalue weighted by Crippen LogP contribution is 2.08. The topological polar surface area (TPSA) is 66.4 Å². The summed E-state index contributed by atoms with van der Waals surface area (Å²) >= 11 is 0. The summed E-state index contributed by atoms with van der Waals surface area (Å²) < 4.78 is 26.3. The highest BCUT2D eigenvalue weighted by Gasteiger charge is 2.11. The van der Waals surface area contributed by atoms with Crippen molar-refractivity contribution in [1.29, 1.82) is 0 Å². The molecular formula is C15H21NO3S. The summed E-state index contributed by atoms with van der Waals surface area (Å²) in [6, 6.07) is 7.30. The second-order valence-corrected chi connectivity index (χ2v) is 6.87. The van der Waals surface area contributed by atoms with Gasteiger partial charge in [-0.1, -0.05) is 43.9 Å². The third-order valence-corrected chi connectivity index (χ3v) is 4.12. The molecule has 20 heavy (non-hydrogen) atoms. The van der Waals surface area contributed by atoms with Gasteiger partial charge in [-0.05, 0) is 24.0 Å². The van der Waals surface area contributed by atoms with Crippen molar-refractivity contribution >= 4 is 10.0 Å². The molecule has 0 atom stereocenters. The van der Waals surface area contributed by atoms with Crippen LogP contribution in [-0.2, 0) is 16.6 Å². The van der Waals surface area contributed by atoms with Crippen molar-refractivity contribution in [3.05, 3.63) is 35.4 Å². The number of hydrogen-bond acceptors (Lipinski definition) is 3. The zero-order chi connectivity index (χ0) is 15.0. The smallest absolute Gasteiger partial charge is 0.211 e. The first-order chi connectivity index (χ1) is 9.44. The molecule has 4 nitrogen and oxygen atoms in total. The Kier molecular flexibility index (Phi) is 6.73. The first kappa shape index (κ1) is 16.7. The van der Waals surface area contributed by atoms with Crippen LogP contribution in [0.3, 0.4) is 0 Å². The van der Waals surface area contributed by atoms with Gasteiger partial charge in [-0.3, -0.25) is 0 Å². The molecule has 0 spiro atoms. The van der Waals surface area contributed by atoms with Crippen molar-refractivity contribution in [2.75, 3.05) is 12.4 Å². The van der Waals surface area contributed by atoms with Crippen LogP contribution in [0.15, 0.2) is 24.3 Å². The molecule has 1 aromatic carbocycles. The molecule has 0 heterocycles. The van der Waals surface area contributed by atoms with Crippen molar-refractivity contribution in [3.8, 4) is 11.8 Å². The molecule has 1 rings (SSSR count). The van der Waals surface area contributed by atoms with Crippen LogP contribution >= 0.6 is 0 Å². The third kappa shape index (κ3) is 6.20. The Balaban J connectivity index is 2.70. The summed E-state index contributed by atoms with van der Waals surface area (Å²) in [6.45, 7) is 4.00. The predicted molar refractivity (Wildman–Crippen MR) is 80.5 cm³/mol. The second kappa shape index (κ2) is 8.05. The molecule has 0 bridgehead atoms. The summed E-state index contributed by atoms with van der Waals surface area (Å²) in [5.74, 6) is 5.87. The van der Waals surface area contributed by atoms with Crippen LogP contribution < -0.4 is 4.72 Å². The van der Waals surface area contributed by atoms with Crippen LogP contribution in [-0.4, -0.2) is 25.9 Å². The van der Waals surface area contributed by atoms with E-state index < -0.39 is 10.0 Å². The van der Waals surface area contributed by atoms with E-state index in [0.717, 1.165) is 11.1 Å². The summed E-state index contributed by atoms with van der Waals surface area (Å²) in [7, 11) is -3.26. The average molecular weight is 295 g/mol. The van der Waals surface area contributed by atoms with E-state index in [0.29, 0.717) is 12.3 Å². The van der Waals surface area contributed by atoms with Gasteiger partial charge in [-0.25, -0.2) is 13.1 Å². The molecule has 0 aliphatic carbocycles. The van der Waals surface area contributed by atoms with Crippen LogP contribution in [0.4, 0.5) is 0 Å². The fourth-order valence-electron chi connectivity index (χ4n) is 1.58. The second-order valence-electron chi connectivity index (χ2n) is 4.94. The molecule has 2 N–H and O–H groups in total. The molecule has 0 aliphatic heterocycles. The highest BCUT2D eigenvalue weighted by molar-refractivity contribution is 7.89. The minimum Gasteiger partial charge on any atom is -0.384 e. The highest BCUT2D eigenvalue weighted by atomic mass is 32.2. The Labute approximate surface area is 121 Å². The third-order valence-electron chi connectivity index (χ3n) is 2.77. The first-order valence-electron chi connectivity index (χ1n) is 6.59. The van der Waals surface area contributed by atoms with Gasteiger partial charge in [-0.15, -0.1) is 0 Å². The van der Waals surface area contributed by atoms with Crippen LogP contribution in [0.1, 0.15) is 31.4 Å². The maximum atomic E-state index is 11.8. The lowest BCUT2D eigenvalue weighted by atomic mass is 10.1. The van der Waals surface area contributed by atoms with Gasteiger partial charge < -0.3 is 5.11 Å². The number of rotatable bonds is 6. The van der Waals surface area contributed by atoms with Crippen LogP contribution in [0.2, 0.25) is 0 Å². The van der Waals surface area contributed by atoms with Gasteiger partial charge in [0, 0.05) is 12.1 Å². The zero-order valence-electron chi connectivity index (χ0n) is 11.9. The van der Waals surface area contributed by atoms with Crippen molar-refractivity contribution in [2.24, 2.45) is 5.92 Å². The average Bonchev–Trinajstić information content (AvgIpc) is 2.42. The lowest BCUT2D eigenvalue weighted by Gasteiger charge is -2.09. The number of aliphatic hydroxyl groups excluding tert-OH is 1. The number of sulfonamides is 1. The predicted octanol–water partition coefficient (Wildman–Crippen LogP) is 1.50. The maximum Gasteiger partial charge on any atom is 0.211 e. The maximum absolute atomic E-state index is 11.8. The van der Waals surface area contributed by atoms with Crippen molar-refractivity contribution in [2.45, 2.75) is 26.8 Å². The lowest BCUT2D eigenvalue weighted by molar-refractivity contribution is 0.350. The number of nitrogens with one attached hydrogen (secondary N) is 1. The molecule has 5 heteroatoms. The SMILES string of the molecule is CC(C)CCS(=O)(=O)NCc1ccccc1C#CCO. The van der Waals surface area contributed by atoms with Gasteiger partial charge in [0.15, 0.2) is 0 Å². The molecular weight excluding hydrogens is 274 g/mol. The van der Waals surface area contributed by atoms with Gasteiger partial charge in [0.25, 0.3) is 0 Å². The lowest BCUT2D eigenvalue weighted by Crippen LogP contribution is -2.26. The normalized spacial score (nSPS) is 11.2. The molecule has 0 fully saturated rings. The van der Waals surface area contributed by atoms with E-state index in [9.17, 15) is 8.42 Å². The molecule has 0 saturated carbocycles. The molecule has 1 aromatic rings. The molecule has 0 aliphatic rings. The number of aliphatic hydroxyl groups is 1. The van der Waals surface area contributed by atoms with Gasteiger partial charge in [0.2, 0.25) is 10.0 Å². The Hall–Kier alpha value is -1.35. The van der Waals surface area contributed by atoms with Crippen molar-refractivity contribution in [1.82, 2.24) is 4.72 Å². The summed E-state index contributed by atoms with van der Waals surface area (Å²) in [5, 5.41) is 8.71. The minimum atomic E-state index is -3.26. The van der Waals surface area contributed by atoms with Crippen molar-refractivity contribution < 1.29 is 13.5 Å². The van der Waals surface area contributed by atoms with Crippen LogP contribution in [0.25, 0.3) is 0 Å². The molecule has 110 valence electrons. The molecule has 0 radical (unpaired) electrons. The first-order valence-corrected chi connectivity index (χ1v) is 8.25. The Morgan fingerprint density at radius 3 is 2.65 bits per heavy atom. The Morgan fingerprint density at radius 2 is 2.00 bits per heavy atom. The van der Waals surface area contributed by atoms with Crippen LogP contribution in [0, 0.1) is 17.8 Å². The zero-order valence-corrected chi connectivity index (χ0v) is 12.7. The van der Waals surface area contributed by atoms with E-state index >= 15 is 0 Å². The fraction of sp³-hybridized carbons (Fsp3) is 0.467. The largest absolute Gasteiger partial charge is 0.384 e. The minimum absolute atomic E-state index is 0.134. The summed E-state index contributed by atoms with van der Waals surface area (Å²) in [4.78, 5) is 0. The van der Waals surface area contributed by atoms with Gasteiger partial charge in [0.1, 0.15) is 6.61 Å². The van der Waals surface area contributed by atoms with Crippen LogP contribution in [0.5, 0.6) is 0 Å². The van der Waals surface area contributed by atoms with Gasteiger partial charge >= 0.3 is 0 Å². The number of benzene rings is 1. The van der Waals surface area contributed by atoms with E-state index in [-0.39, 0.29) is 18.9 Å². The quantitative estimate of drug-likeness (QED) is 0.782. The monoisotopic (exact) mass is 295 g/mol. The van der Waals surface area contributed by atoms with E-state index in [2.05, 4.69) is 16.6 Å². The summed E-state index contributed by atoms with van der Waals surface area (Å²) in [6.07, 6.45) is 0.640. The molecule has 0 aromatic heterocycles. The van der Waals surface area contributed by atoms with E-state index in [1.54, 1.807) is 6.07 Å². The standard InChI is InChI=1S/C15H21NO3S/c1-13(2)9-11-20(18,19)16-12-15-7-4-3-6-14(15)8-5-10-17/h3-4,6-7,13,16-17H,9-12H2,1-2H3. The fourth-order valence-corrected chi connectivity index (χ4v) is 2.88. The number of hydrogen-bond donors (Lipinski definition) is 2. The van der Waals surface area contributed by atoms with E-state index in [4.69, 9.17) is 5.11 Å². The molecule has 0 amide bonds. The Bertz CT molecular complexity index is 583. The Morgan fingerprint density at radius 1 is 1.30 bits per heavy atom. The molecule has 0 saturated heterocycles. The molecule has 0 unspecified atom stereocenters. The van der Waals surface area contributed by atoms with E-state index in [1.807, 2.05) is 32.0 Å². The van der Waals surface area contributed by atoms with E-state index in [1.165, 1.54) is 0 Å². The van der Waals surface area contributed by atoms with Gasteiger partial charge in [0.05, 0.1) is 5.75 Å². The van der Waals surface area contributed by atoms with Crippen molar-refractivity contribution in [3.63, 3.8) is 0 Å². The van der Waals surface area contributed by atoms with Gasteiger partial charge in [-0.2, -0.15) is 0 Å². The summed E-state index contributed by atoms with van der Waals surface area (Å²) in [5.41, 5.74) is 1.54.